The fourth-order valence-electron chi connectivity index (χ4n) is 4.29. The first kappa shape index (κ1) is 14.1. The number of rotatable bonds is 2. The SMILES string of the molecule is COc1cc2c(cc1OC)C1C(O)C(O)C=C3CCN(C2)C31. The molecule has 1 fully saturated rings. The average molecular weight is 303 g/mol. The molecule has 3 aliphatic rings. The van der Waals surface area contributed by atoms with Gasteiger partial charge in [-0.05, 0) is 29.7 Å². The predicted octanol–water partition coefficient (Wildman–Crippen LogP) is 1.04. The predicted molar refractivity (Wildman–Crippen MR) is 81.2 cm³/mol. The van der Waals surface area contributed by atoms with E-state index in [1.807, 2.05) is 18.2 Å². The molecule has 4 rings (SSSR count). The van der Waals surface area contributed by atoms with Crippen molar-refractivity contribution in [1.82, 2.24) is 4.90 Å². The van der Waals surface area contributed by atoms with Gasteiger partial charge in [-0.25, -0.2) is 0 Å². The number of nitrogens with zero attached hydrogens (tertiary/aromatic N) is 1. The van der Waals surface area contributed by atoms with E-state index in [0.29, 0.717) is 11.5 Å². The second kappa shape index (κ2) is 4.98. The molecule has 1 aliphatic carbocycles. The van der Waals surface area contributed by atoms with Crippen molar-refractivity contribution in [2.75, 3.05) is 20.8 Å². The molecule has 0 saturated carbocycles. The Morgan fingerprint density at radius 2 is 1.86 bits per heavy atom. The zero-order valence-electron chi connectivity index (χ0n) is 12.8. The summed E-state index contributed by atoms with van der Waals surface area (Å²) < 4.78 is 10.8. The molecule has 2 N–H and O–H groups in total. The number of hydrogen-bond donors (Lipinski definition) is 2. The standard InChI is InChI=1S/C17H21NO4/c1-21-13-6-10-8-18-4-3-9-5-12(19)17(20)15(16(9)18)11(10)7-14(13)22-2/h5-7,12,15-17,19-20H,3-4,8H2,1-2H3. The van der Waals surface area contributed by atoms with E-state index in [1.165, 1.54) is 5.57 Å². The highest BCUT2D eigenvalue weighted by atomic mass is 16.5. The van der Waals surface area contributed by atoms with Gasteiger partial charge in [0.25, 0.3) is 0 Å². The fourth-order valence-corrected chi connectivity index (χ4v) is 4.29. The van der Waals surface area contributed by atoms with Crippen LogP contribution in [0, 0.1) is 0 Å². The Kier molecular flexibility index (Phi) is 3.18. The quantitative estimate of drug-likeness (QED) is 0.799. The minimum Gasteiger partial charge on any atom is -0.493 e. The lowest BCUT2D eigenvalue weighted by atomic mass is 9.73. The summed E-state index contributed by atoms with van der Waals surface area (Å²) in [6, 6.07) is 4.16. The first-order valence-corrected chi connectivity index (χ1v) is 7.69. The van der Waals surface area contributed by atoms with Crippen molar-refractivity contribution < 1.29 is 19.7 Å². The maximum atomic E-state index is 10.6. The van der Waals surface area contributed by atoms with Crippen molar-refractivity contribution in [2.24, 2.45) is 0 Å². The third kappa shape index (κ3) is 1.82. The molecular weight excluding hydrogens is 282 g/mol. The zero-order valence-corrected chi connectivity index (χ0v) is 12.8. The Labute approximate surface area is 129 Å². The Morgan fingerprint density at radius 1 is 1.14 bits per heavy atom. The molecule has 5 heteroatoms. The van der Waals surface area contributed by atoms with Gasteiger partial charge in [-0.1, -0.05) is 11.6 Å². The van der Waals surface area contributed by atoms with Gasteiger partial charge >= 0.3 is 0 Å². The molecule has 1 aromatic carbocycles. The number of aliphatic hydroxyl groups is 2. The van der Waals surface area contributed by atoms with Crippen molar-refractivity contribution in [3.05, 3.63) is 34.9 Å². The van der Waals surface area contributed by atoms with Gasteiger partial charge in [0.2, 0.25) is 0 Å². The number of benzene rings is 1. The van der Waals surface area contributed by atoms with Crippen LogP contribution in [0.2, 0.25) is 0 Å². The summed E-state index contributed by atoms with van der Waals surface area (Å²) in [6.45, 7) is 1.82. The summed E-state index contributed by atoms with van der Waals surface area (Å²) in [5.74, 6) is 1.27. The lowest BCUT2D eigenvalue weighted by Crippen LogP contribution is -2.49. The highest BCUT2D eigenvalue weighted by Crippen LogP contribution is 2.48. The van der Waals surface area contributed by atoms with Crippen LogP contribution in [-0.4, -0.2) is 54.1 Å². The number of hydrogen-bond acceptors (Lipinski definition) is 5. The number of fused-ring (bicyclic) bond motifs is 2. The second-order valence-corrected chi connectivity index (χ2v) is 6.32. The molecular formula is C17H21NO4. The van der Waals surface area contributed by atoms with Crippen molar-refractivity contribution in [3.8, 4) is 11.5 Å². The van der Waals surface area contributed by atoms with Crippen molar-refractivity contribution in [2.45, 2.75) is 37.1 Å². The first-order chi connectivity index (χ1) is 10.6. The van der Waals surface area contributed by atoms with Gasteiger partial charge in [0.15, 0.2) is 11.5 Å². The molecule has 118 valence electrons. The zero-order chi connectivity index (χ0) is 15.4. The fraction of sp³-hybridized carbons (Fsp3) is 0.529. The summed E-state index contributed by atoms with van der Waals surface area (Å²) in [5.41, 5.74) is 3.47. The number of methoxy groups -OCH3 is 2. The van der Waals surface area contributed by atoms with Crippen molar-refractivity contribution in [1.29, 1.82) is 0 Å². The lowest BCUT2D eigenvalue weighted by molar-refractivity contribution is -0.00163. The maximum Gasteiger partial charge on any atom is 0.161 e. The molecule has 0 aromatic heterocycles. The molecule has 4 unspecified atom stereocenters. The van der Waals surface area contributed by atoms with E-state index in [1.54, 1.807) is 14.2 Å². The molecule has 0 amide bonds. The van der Waals surface area contributed by atoms with Crippen LogP contribution >= 0.6 is 0 Å². The Hall–Kier alpha value is -1.56. The largest absolute Gasteiger partial charge is 0.493 e. The van der Waals surface area contributed by atoms with Gasteiger partial charge in [0.1, 0.15) is 0 Å². The summed E-state index contributed by atoms with van der Waals surface area (Å²) in [5, 5.41) is 20.8. The first-order valence-electron chi connectivity index (χ1n) is 7.69. The van der Waals surface area contributed by atoms with Gasteiger partial charge in [-0.15, -0.1) is 0 Å². The average Bonchev–Trinajstić information content (AvgIpc) is 2.92. The van der Waals surface area contributed by atoms with E-state index in [0.717, 1.165) is 30.6 Å². The van der Waals surface area contributed by atoms with Gasteiger partial charge in [0.05, 0.1) is 26.4 Å². The monoisotopic (exact) mass is 303 g/mol. The highest BCUT2D eigenvalue weighted by Gasteiger charge is 2.48. The van der Waals surface area contributed by atoms with Crippen LogP contribution in [0.15, 0.2) is 23.8 Å². The van der Waals surface area contributed by atoms with Crippen molar-refractivity contribution >= 4 is 0 Å². The lowest BCUT2D eigenvalue weighted by Gasteiger charge is -2.44. The molecule has 4 atom stereocenters. The van der Waals surface area contributed by atoms with Gasteiger partial charge < -0.3 is 19.7 Å². The highest BCUT2D eigenvalue weighted by molar-refractivity contribution is 5.52. The van der Waals surface area contributed by atoms with Crippen LogP contribution in [-0.2, 0) is 6.54 Å². The molecule has 0 bridgehead atoms. The smallest absolute Gasteiger partial charge is 0.161 e. The van der Waals surface area contributed by atoms with Crippen LogP contribution in [0.4, 0.5) is 0 Å². The molecule has 1 aromatic rings. The van der Waals surface area contributed by atoms with Gasteiger partial charge in [-0.3, -0.25) is 4.90 Å². The molecule has 1 saturated heterocycles. The van der Waals surface area contributed by atoms with Crippen LogP contribution < -0.4 is 9.47 Å². The Morgan fingerprint density at radius 3 is 2.59 bits per heavy atom. The van der Waals surface area contributed by atoms with E-state index >= 15 is 0 Å². The number of aliphatic hydroxyl groups excluding tert-OH is 2. The molecule has 22 heavy (non-hydrogen) atoms. The maximum absolute atomic E-state index is 10.6. The molecule has 2 heterocycles. The van der Waals surface area contributed by atoms with Crippen molar-refractivity contribution in [3.63, 3.8) is 0 Å². The molecule has 2 aliphatic heterocycles. The third-order valence-electron chi connectivity index (χ3n) is 5.28. The van der Waals surface area contributed by atoms with Gasteiger partial charge in [-0.2, -0.15) is 0 Å². The summed E-state index contributed by atoms with van der Waals surface area (Å²) in [4.78, 5) is 2.39. The van der Waals surface area contributed by atoms with Gasteiger partial charge in [0, 0.05) is 25.0 Å². The molecule has 0 spiro atoms. The third-order valence-corrected chi connectivity index (χ3v) is 5.28. The van der Waals surface area contributed by atoms with E-state index in [2.05, 4.69) is 4.90 Å². The Balaban J connectivity index is 1.88. The van der Waals surface area contributed by atoms with Crippen LogP contribution in [0.1, 0.15) is 23.5 Å². The van der Waals surface area contributed by atoms with E-state index in [-0.39, 0.29) is 12.0 Å². The normalized spacial score (nSPS) is 33.0. The van der Waals surface area contributed by atoms with Crippen LogP contribution in [0.5, 0.6) is 11.5 Å². The van der Waals surface area contributed by atoms with E-state index in [4.69, 9.17) is 9.47 Å². The number of ether oxygens (including phenoxy) is 2. The molecule has 0 radical (unpaired) electrons. The van der Waals surface area contributed by atoms with Crippen LogP contribution in [0.25, 0.3) is 0 Å². The summed E-state index contributed by atoms with van der Waals surface area (Å²) in [7, 11) is 3.25. The second-order valence-electron chi connectivity index (χ2n) is 6.32. The van der Waals surface area contributed by atoms with E-state index in [9.17, 15) is 10.2 Å². The summed E-state index contributed by atoms with van der Waals surface area (Å²) in [6.07, 6.45) is 1.23. The van der Waals surface area contributed by atoms with Crippen LogP contribution in [0.3, 0.4) is 0 Å². The molecule has 5 nitrogen and oxygen atoms in total. The Bertz CT molecular complexity index is 642. The topological polar surface area (TPSA) is 62.2 Å². The summed E-state index contributed by atoms with van der Waals surface area (Å²) >= 11 is 0. The minimum atomic E-state index is -0.796. The van der Waals surface area contributed by atoms with E-state index < -0.39 is 12.2 Å². The minimum absolute atomic E-state index is 0.110.